The normalized spacial score (nSPS) is 11.0. The number of ether oxygens (including phenoxy) is 1. The minimum absolute atomic E-state index is 0.102. The number of benzene rings is 2. The number of methoxy groups -OCH3 is 1. The number of nitrogens with one attached hydrogen (secondary N) is 1. The van der Waals surface area contributed by atoms with E-state index in [0.29, 0.717) is 19.4 Å². The topological polar surface area (TPSA) is 211 Å². The van der Waals surface area contributed by atoms with Crippen molar-refractivity contribution in [2.45, 2.75) is 39.7 Å². The highest BCUT2D eigenvalue weighted by molar-refractivity contribution is 5.92. The van der Waals surface area contributed by atoms with Crippen LogP contribution in [0.4, 0.5) is 22.7 Å². The van der Waals surface area contributed by atoms with Gasteiger partial charge >= 0.3 is 0 Å². The molecule has 0 saturated carbocycles. The molecule has 0 unspecified atom stereocenters. The van der Waals surface area contributed by atoms with E-state index in [2.05, 4.69) is 10.1 Å². The van der Waals surface area contributed by atoms with Gasteiger partial charge in [-0.3, -0.25) is 45.3 Å². The van der Waals surface area contributed by atoms with Crippen molar-refractivity contribution in [3.63, 3.8) is 0 Å². The number of non-ortho nitro benzene ring substituents is 2. The predicted octanol–water partition coefficient (Wildman–Crippen LogP) is 4.59. The summed E-state index contributed by atoms with van der Waals surface area (Å²) in [5.41, 5.74) is -2.52. The Labute approximate surface area is 204 Å². The van der Waals surface area contributed by atoms with Crippen LogP contribution in [0.25, 0.3) is 11.1 Å². The second kappa shape index (κ2) is 13.4. The first-order valence-electron chi connectivity index (χ1n) is 10.7. The van der Waals surface area contributed by atoms with Crippen molar-refractivity contribution < 1.29 is 29.2 Å². The molecule has 0 radical (unpaired) electrons. The summed E-state index contributed by atoms with van der Waals surface area (Å²) in [5.74, 6) is 0. The molecule has 1 aliphatic rings. The Morgan fingerprint density at radius 1 is 0.833 bits per heavy atom. The van der Waals surface area contributed by atoms with Crippen LogP contribution in [-0.4, -0.2) is 39.8 Å². The van der Waals surface area contributed by atoms with Gasteiger partial charge in [0.15, 0.2) is 0 Å². The lowest BCUT2D eigenvalue weighted by atomic mass is 10.0. The van der Waals surface area contributed by atoms with E-state index in [-0.39, 0.29) is 22.3 Å². The number of carbonyl (C=O) groups excluding carboxylic acids is 1. The summed E-state index contributed by atoms with van der Waals surface area (Å²) in [6.07, 6.45) is 1.48. The molecule has 15 nitrogen and oxygen atoms in total. The van der Waals surface area contributed by atoms with E-state index < -0.39 is 48.5 Å². The van der Waals surface area contributed by atoms with E-state index in [0.717, 1.165) is 30.7 Å². The van der Waals surface area contributed by atoms with Crippen molar-refractivity contribution in [2.75, 3.05) is 13.7 Å². The Balaban J connectivity index is 0.000000982. The molecular weight excluding hydrogens is 482 g/mol. The molecule has 0 amide bonds. The number of nitrogens with zero attached hydrogens (tertiary/aromatic N) is 4. The third kappa shape index (κ3) is 6.32. The number of carbonyl (C=O) groups is 1. The van der Waals surface area contributed by atoms with E-state index in [4.69, 9.17) is 4.79 Å². The molecule has 0 atom stereocenters. The third-order valence-corrected chi connectivity index (χ3v) is 4.93. The van der Waals surface area contributed by atoms with Gasteiger partial charge in [0, 0.05) is 12.1 Å². The van der Waals surface area contributed by atoms with E-state index >= 15 is 0 Å². The maximum absolute atomic E-state index is 11.7. The van der Waals surface area contributed by atoms with Gasteiger partial charge in [0.05, 0.1) is 56.1 Å². The quantitative estimate of drug-likeness (QED) is 0.214. The second-order valence-electron chi connectivity index (χ2n) is 6.96. The van der Waals surface area contributed by atoms with Crippen LogP contribution in [0.15, 0.2) is 24.3 Å². The fourth-order valence-electron chi connectivity index (χ4n) is 3.58. The highest BCUT2D eigenvalue weighted by atomic mass is 16.6. The Morgan fingerprint density at radius 3 is 1.50 bits per heavy atom. The third-order valence-electron chi connectivity index (χ3n) is 4.93. The summed E-state index contributed by atoms with van der Waals surface area (Å²) in [5, 5.41) is 49.0. The van der Waals surface area contributed by atoms with Crippen LogP contribution in [0.2, 0.25) is 0 Å². The molecule has 0 saturated heterocycles. The molecule has 194 valence electrons. The van der Waals surface area contributed by atoms with Crippen molar-refractivity contribution in [1.82, 2.24) is 5.32 Å². The van der Waals surface area contributed by atoms with Crippen LogP contribution in [0.3, 0.4) is 0 Å². The van der Waals surface area contributed by atoms with Crippen LogP contribution in [0.5, 0.6) is 0 Å². The summed E-state index contributed by atoms with van der Waals surface area (Å²) in [6, 6.07) is 2.80. The second-order valence-corrected chi connectivity index (χ2v) is 6.96. The lowest BCUT2D eigenvalue weighted by Gasteiger charge is -2.15. The van der Waals surface area contributed by atoms with Gasteiger partial charge in [-0.25, -0.2) is 0 Å². The average molecular weight is 507 g/mol. The number of nitro benzene ring substituents is 4. The number of hydrogen-bond donors (Lipinski definition) is 1. The highest BCUT2D eigenvalue weighted by Gasteiger charge is 2.42. The molecule has 2 aromatic rings. The summed E-state index contributed by atoms with van der Waals surface area (Å²) >= 11 is 0. The largest absolute Gasteiger partial charge is 0.471 e. The number of unbranched alkanes of at least 4 members (excludes halogenated alkanes) is 1. The average Bonchev–Trinajstić information content (AvgIpc) is 3.17. The zero-order valence-electron chi connectivity index (χ0n) is 20.0. The van der Waals surface area contributed by atoms with Gasteiger partial charge < -0.3 is 10.1 Å². The standard InChI is InChI=1S/C17H15N5O8.C2H4O2.C2H6/c1-2-3-4-18-17-11-5-9(19(23)24)7-13(21(27)28)15(11)16-12(17)6-10(20(25)26)8-14(16)22(29)30;1-4-2-3;1-2/h5-8,17-18H,2-4H2,1H3;2H,1H3;1-2H3. The molecule has 2 aromatic carbocycles. The van der Waals surface area contributed by atoms with Crippen LogP contribution in [0, 0.1) is 40.5 Å². The van der Waals surface area contributed by atoms with Crippen molar-refractivity contribution in [3.05, 3.63) is 75.8 Å². The SMILES string of the molecule is CC.CCCCNC1c2cc([N+](=O)[O-])cc([N+](=O)[O-])c2-c2c1cc([N+](=O)[O-])cc2[N+](=O)[O-].COC=O. The zero-order chi connectivity index (χ0) is 27.6. The lowest BCUT2D eigenvalue weighted by molar-refractivity contribution is -0.395. The molecule has 15 heteroatoms. The van der Waals surface area contributed by atoms with E-state index in [1.807, 2.05) is 20.8 Å². The van der Waals surface area contributed by atoms with Gasteiger partial charge in [-0.1, -0.05) is 27.2 Å². The minimum Gasteiger partial charge on any atom is -0.471 e. The van der Waals surface area contributed by atoms with E-state index in [9.17, 15) is 40.5 Å². The molecule has 1 N–H and O–H groups in total. The molecule has 0 spiro atoms. The first-order valence-corrected chi connectivity index (χ1v) is 10.7. The summed E-state index contributed by atoms with van der Waals surface area (Å²) in [7, 11) is 1.31. The Kier molecular flexibility index (Phi) is 11.0. The van der Waals surface area contributed by atoms with Crippen LogP contribution < -0.4 is 5.32 Å². The number of hydrogen-bond acceptors (Lipinski definition) is 11. The van der Waals surface area contributed by atoms with Gasteiger partial charge in [-0.2, -0.15) is 0 Å². The van der Waals surface area contributed by atoms with Crippen molar-refractivity contribution in [2.24, 2.45) is 0 Å². The minimum atomic E-state index is -0.904. The van der Waals surface area contributed by atoms with Gasteiger partial charge in [0.1, 0.15) is 0 Å². The van der Waals surface area contributed by atoms with Crippen molar-refractivity contribution in [3.8, 4) is 11.1 Å². The molecule has 36 heavy (non-hydrogen) atoms. The maximum Gasteiger partial charge on any atom is 0.292 e. The molecule has 0 bridgehead atoms. The lowest BCUT2D eigenvalue weighted by Crippen LogP contribution is -2.22. The van der Waals surface area contributed by atoms with Gasteiger partial charge in [0.2, 0.25) is 0 Å². The Hall–Kier alpha value is -4.53. The molecule has 0 aromatic heterocycles. The van der Waals surface area contributed by atoms with Crippen LogP contribution in [0.1, 0.15) is 50.8 Å². The van der Waals surface area contributed by atoms with Gasteiger partial charge in [0.25, 0.3) is 29.2 Å². The van der Waals surface area contributed by atoms with Crippen molar-refractivity contribution >= 4 is 29.2 Å². The molecule has 1 aliphatic carbocycles. The zero-order valence-corrected chi connectivity index (χ0v) is 20.0. The van der Waals surface area contributed by atoms with E-state index in [1.165, 1.54) is 7.11 Å². The summed E-state index contributed by atoms with van der Waals surface area (Å²) in [4.78, 5) is 51.6. The fourth-order valence-corrected chi connectivity index (χ4v) is 3.58. The molecule has 0 fully saturated rings. The highest BCUT2D eigenvalue weighted by Crippen LogP contribution is 2.53. The van der Waals surface area contributed by atoms with E-state index in [1.54, 1.807) is 0 Å². The van der Waals surface area contributed by atoms with Gasteiger partial charge in [-0.05, 0) is 24.1 Å². The van der Waals surface area contributed by atoms with Gasteiger partial charge in [-0.15, -0.1) is 0 Å². The van der Waals surface area contributed by atoms with Crippen LogP contribution >= 0.6 is 0 Å². The number of nitro groups is 4. The number of rotatable bonds is 9. The van der Waals surface area contributed by atoms with Crippen molar-refractivity contribution in [1.29, 1.82) is 0 Å². The number of fused-ring (bicyclic) bond motifs is 3. The monoisotopic (exact) mass is 507 g/mol. The Bertz CT molecular complexity index is 1090. The Morgan fingerprint density at radius 2 is 1.22 bits per heavy atom. The molecular formula is C21H25N5O10. The predicted molar refractivity (Wildman–Crippen MR) is 128 cm³/mol. The molecule has 3 rings (SSSR count). The fraction of sp³-hybridized carbons (Fsp3) is 0.381. The smallest absolute Gasteiger partial charge is 0.292 e. The summed E-state index contributed by atoms with van der Waals surface area (Å²) < 4.78 is 3.86. The van der Waals surface area contributed by atoms with Crippen LogP contribution in [-0.2, 0) is 9.53 Å². The maximum atomic E-state index is 11.7. The molecule has 0 aliphatic heterocycles. The first-order chi connectivity index (χ1) is 17.1. The summed E-state index contributed by atoms with van der Waals surface area (Å²) in [6.45, 7) is 6.69. The molecule has 0 heterocycles. The first kappa shape index (κ1) is 29.5.